The van der Waals surface area contributed by atoms with Crippen LogP contribution in [0.4, 0.5) is 0 Å². The van der Waals surface area contributed by atoms with E-state index < -0.39 is 11.4 Å². The monoisotopic (exact) mass is 302 g/mol. The lowest BCUT2D eigenvalue weighted by Crippen LogP contribution is -2.33. The predicted molar refractivity (Wildman–Crippen MR) is 85.7 cm³/mol. The Kier molecular flexibility index (Phi) is 4.54. The van der Waals surface area contributed by atoms with Crippen molar-refractivity contribution in [2.45, 2.75) is 33.7 Å². The minimum absolute atomic E-state index is 0.106. The lowest BCUT2D eigenvalue weighted by Gasteiger charge is -2.19. The van der Waals surface area contributed by atoms with Crippen molar-refractivity contribution < 1.29 is 14.7 Å². The molecule has 0 aliphatic carbocycles. The third-order valence-electron chi connectivity index (χ3n) is 3.97. The van der Waals surface area contributed by atoms with E-state index in [-0.39, 0.29) is 12.5 Å². The molecule has 118 valence electrons. The topological polar surface area (TPSA) is 71.3 Å². The normalized spacial score (nSPS) is 11.6. The van der Waals surface area contributed by atoms with Gasteiger partial charge in [0.25, 0.3) is 0 Å². The van der Waals surface area contributed by atoms with Crippen LogP contribution < -0.4 is 5.32 Å². The van der Waals surface area contributed by atoms with Crippen LogP contribution in [0.25, 0.3) is 10.9 Å². The van der Waals surface area contributed by atoms with E-state index in [4.69, 9.17) is 5.11 Å². The number of carbonyl (C=O) groups is 2. The number of hydrogen-bond donors (Lipinski definition) is 2. The maximum atomic E-state index is 12.1. The van der Waals surface area contributed by atoms with Crippen molar-refractivity contribution in [2.75, 3.05) is 6.54 Å². The number of aliphatic carboxylic acids is 1. The fraction of sp³-hybridized carbons (Fsp3) is 0.412. The summed E-state index contributed by atoms with van der Waals surface area (Å²) in [4.78, 5) is 23.1. The lowest BCUT2D eigenvalue weighted by molar-refractivity contribution is -0.147. The van der Waals surface area contributed by atoms with Crippen molar-refractivity contribution in [3.63, 3.8) is 0 Å². The van der Waals surface area contributed by atoms with Gasteiger partial charge in [-0.05, 0) is 44.7 Å². The number of rotatable bonds is 6. The Bertz CT molecular complexity index is 701. The first-order valence-corrected chi connectivity index (χ1v) is 7.36. The molecular formula is C17H22N2O3. The molecule has 0 radical (unpaired) electrons. The van der Waals surface area contributed by atoms with Gasteiger partial charge in [-0.15, -0.1) is 0 Å². The molecule has 0 saturated carbocycles. The summed E-state index contributed by atoms with van der Waals surface area (Å²) in [6, 6.07) is 9.98. The van der Waals surface area contributed by atoms with Crippen LogP contribution in [0.5, 0.6) is 0 Å². The van der Waals surface area contributed by atoms with Gasteiger partial charge < -0.3 is 15.0 Å². The standard InChI is InChI=1S/C17H22N2O3/c1-12-10-13-6-4-5-7-14(13)19(12)11-15(20)18-9-8-17(2,3)16(21)22/h4-7,10H,8-9,11H2,1-3H3,(H,18,20)(H,21,22). The van der Waals surface area contributed by atoms with E-state index >= 15 is 0 Å². The lowest BCUT2D eigenvalue weighted by atomic mass is 9.90. The number of nitrogens with one attached hydrogen (secondary N) is 1. The molecule has 0 atom stereocenters. The summed E-state index contributed by atoms with van der Waals surface area (Å²) in [5.41, 5.74) is 1.23. The van der Waals surface area contributed by atoms with Crippen LogP contribution in [0.15, 0.2) is 30.3 Å². The molecule has 5 nitrogen and oxygen atoms in total. The summed E-state index contributed by atoms with van der Waals surface area (Å²) in [5, 5.41) is 13.0. The SMILES string of the molecule is Cc1cc2ccccc2n1CC(=O)NCCC(C)(C)C(=O)O. The molecule has 1 amide bonds. The largest absolute Gasteiger partial charge is 0.481 e. The molecule has 1 aromatic heterocycles. The molecule has 1 heterocycles. The molecule has 2 aromatic rings. The van der Waals surface area contributed by atoms with Gasteiger partial charge in [0.1, 0.15) is 6.54 Å². The Labute approximate surface area is 129 Å². The first-order chi connectivity index (χ1) is 10.3. The molecule has 0 spiro atoms. The molecule has 22 heavy (non-hydrogen) atoms. The molecular weight excluding hydrogens is 280 g/mol. The van der Waals surface area contributed by atoms with Gasteiger partial charge in [0.2, 0.25) is 5.91 Å². The van der Waals surface area contributed by atoms with Crippen LogP contribution in [-0.4, -0.2) is 28.1 Å². The van der Waals surface area contributed by atoms with Gasteiger partial charge in [0.05, 0.1) is 5.41 Å². The Morgan fingerprint density at radius 1 is 1.27 bits per heavy atom. The molecule has 0 bridgehead atoms. The second kappa shape index (κ2) is 6.22. The summed E-state index contributed by atoms with van der Waals surface area (Å²) >= 11 is 0. The predicted octanol–water partition coefficient (Wildman–Crippen LogP) is 2.57. The summed E-state index contributed by atoms with van der Waals surface area (Å²) in [7, 11) is 0. The van der Waals surface area contributed by atoms with Crippen molar-refractivity contribution in [2.24, 2.45) is 5.41 Å². The van der Waals surface area contributed by atoms with Crippen LogP contribution in [0.1, 0.15) is 26.0 Å². The number of carboxylic acid groups (broad SMARTS) is 1. The number of para-hydroxylation sites is 1. The van der Waals surface area contributed by atoms with Gasteiger partial charge in [0.15, 0.2) is 0 Å². The maximum absolute atomic E-state index is 12.1. The number of hydrogen-bond acceptors (Lipinski definition) is 2. The van der Waals surface area contributed by atoms with Crippen molar-refractivity contribution in [3.05, 3.63) is 36.0 Å². The average molecular weight is 302 g/mol. The Morgan fingerprint density at radius 3 is 2.64 bits per heavy atom. The third kappa shape index (κ3) is 3.47. The summed E-state index contributed by atoms with van der Waals surface area (Å²) < 4.78 is 1.97. The Morgan fingerprint density at radius 2 is 1.95 bits per heavy atom. The second-order valence-corrected chi connectivity index (χ2v) is 6.22. The van der Waals surface area contributed by atoms with Gasteiger partial charge in [0, 0.05) is 17.8 Å². The van der Waals surface area contributed by atoms with Crippen molar-refractivity contribution >= 4 is 22.8 Å². The number of fused-ring (bicyclic) bond motifs is 1. The van der Waals surface area contributed by atoms with E-state index in [1.54, 1.807) is 13.8 Å². The Hall–Kier alpha value is -2.30. The molecule has 5 heteroatoms. The second-order valence-electron chi connectivity index (χ2n) is 6.22. The van der Waals surface area contributed by atoms with E-state index in [2.05, 4.69) is 11.4 Å². The van der Waals surface area contributed by atoms with E-state index in [0.717, 1.165) is 16.6 Å². The number of aromatic nitrogens is 1. The van der Waals surface area contributed by atoms with Crippen LogP contribution in [-0.2, 0) is 16.1 Å². The quantitative estimate of drug-likeness (QED) is 0.861. The van der Waals surface area contributed by atoms with E-state index in [9.17, 15) is 9.59 Å². The highest BCUT2D eigenvalue weighted by atomic mass is 16.4. The Balaban J connectivity index is 1.97. The number of benzene rings is 1. The zero-order valence-corrected chi connectivity index (χ0v) is 13.2. The van der Waals surface area contributed by atoms with E-state index in [0.29, 0.717) is 13.0 Å². The number of amides is 1. The number of aryl methyl sites for hydroxylation is 1. The zero-order chi connectivity index (χ0) is 16.3. The number of carboxylic acids is 1. The fourth-order valence-electron chi connectivity index (χ4n) is 2.38. The van der Waals surface area contributed by atoms with E-state index in [1.807, 2.05) is 35.8 Å². The molecule has 2 rings (SSSR count). The number of carbonyl (C=O) groups excluding carboxylic acids is 1. The summed E-state index contributed by atoms with van der Waals surface area (Å²) in [6.45, 7) is 5.89. The molecule has 0 aliphatic rings. The van der Waals surface area contributed by atoms with E-state index in [1.165, 1.54) is 0 Å². The zero-order valence-electron chi connectivity index (χ0n) is 13.2. The van der Waals surface area contributed by atoms with Gasteiger partial charge in [-0.2, -0.15) is 0 Å². The van der Waals surface area contributed by atoms with Crippen LogP contribution in [0.3, 0.4) is 0 Å². The molecule has 0 aliphatic heterocycles. The summed E-state index contributed by atoms with van der Waals surface area (Å²) in [6.07, 6.45) is 0.402. The number of nitrogens with zero attached hydrogens (tertiary/aromatic N) is 1. The molecule has 2 N–H and O–H groups in total. The van der Waals surface area contributed by atoms with Crippen LogP contribution >= 0.6 is 0 Å². The van der Waals surface area contributed by atoms with Gasteiger partial charge >= 0.3 is 5.97 Å². The highest BCUT2D eigenvalue weighted by molar-refractivity contribution is 5.84. The molecule has 1 aromatic carbocycles. The van der Waals surface area contributed by atoms with Crippen molar-refractivity contribution in [1.82, 2.24) is 9.88 Å². The highest BCUT2D eigenvalue weighted by Gasteiger charge is 2.26. The minimum atomic E-state index is -0.853. The third-order valence-corrected chi connectivity index (χ3v) is 3.97. The fourth-order valence-corrected chi connectivity index (χ4v) is 2.38. The molecule has 0 saturated heterocycles. The summed E-state index contributed by atoms with van der Waals surface area (Å²) in [5.74, 6) is -0.959. The average Bonchev–Trinajstić information content (AvgIpc) is 2.75. The van der Waals surface area contributed by atoms with Gasteiger partial charge in [-0.1, -0.05) is 18.2 Å². The van der Waals surface area contributed by atoms with Crippen LogP contribution in [0.2, 0.25) is 0 Å². The van der Waals surface area contributed by atoms with Crippen LogP contribution in [0, 0.1) is 12.3 Å². The van der Waals surface area contributed by atoms with Gasteiger partial charge in [-0.3, -0.25) is 9.59 Å². The molecule has 0 fully saturated rings. The van der Waals surface area contributed by atoms with Gasteiger partial charge in [-0.25, -0.2) is 0 Å². The van der Waals surface area contributed by atoms with Crippen molar-refractivity contribution in [1.29, 1.82) is 0 Å². The minimum Gasteiger partial charge on any atom is -0.481 e. The first kappa shape index (κ1) is 16.1. The first-order valence-electron chi connectivity index (χ1n) is 7.36. The molecule has 0 unspecified atom stereocenters. The van der Waals surface area contributed by atoms with Crippen molar-refractivity contribution in [3.8, 4) is 0 Å². The maximum Gasteiger partial charge on any atom is 0.309 e. The smallest absolute Gasteiger partial charge is 0.309 e. The highest BCUT2D eigenvalue weighted by Crippen LogP contribution is 2.20.